The molecule has 0 aromatic heterocycles. The predicted octanol–water partition coefficient (Wildman–Crippen LogP) is 0.767. The molecule has 0 rings (SSSR count). The smallest absolute Gasteiger partial charge is 0.210 e. The highest BCUT2D eigenvalue weighted by Crippen LogP contribution is 1.98. The summed E-state index contributed by atoms with van der Waals surface area (Å²) >= 11 is 0. The molecule has 0 aromatic rings. The van der Waals surface area contributed by atoms with E-state index in [2.05, 4.69) is 0 Å². The highest BCUT2D eigenvalue weighted by atomic mass is 16.1. The Balaban J connectivity index is 3.98. The molecule has 0 aliphatic rings. The van der Waals surface area contributed by atoms with Gasteiger partial charge in [-0.2, -0.15) is 5.26 Å². The Labute approximate surface area is 61.2 Å². The second-order valence-electron chi connectivity index (χ2n) is 1.99. The second kappa shape index (κ2) is 4.80. The van der Waals surface area contributed by atoms with Gasteiger partial charge in [0, 0.05) is 6.54 Å². The molecule has 1 atom stereocenters. The molecule has 3 nitrogen and oxygen atoms in total. The summed E-state index contributed by atoms with van der Waals surface area (Å²) in [6, 6.07) is 1.80. The van der Waals surface area contributed by atoms with Gasteiger partial charge in [0.25, 0.3) is 0 Å². The van der Waals surface area contributed by atoms with E-state index in [9.17, 15) is 4.79 Å². The van der Waals surface area contributed by atoms with Crippen LogP contribution in [0.15, 0.2) is 0 Å². The summed E-state index contributed by atoms with van der Waals surface area (Å²) < 4.78 is 0. The monoisotopic (exact) mass is 140 g/mol. The summed E-state index contributed by atoms with van der Waals surface area (Å²) in [5.74, 6) is 0. The topological polar surface area (TPSA) is 44.1 Å². The zero-order valence-electron chi connectivity index (χ0n) is 6.37. The maximum Gasteiger partial charge on any atom is 0.210 e. The van der Waals surface area contributed by atoms with Crippen LogP contribution in [0.5, 0.6) is 0 Å². The molecule has 56 valence electrons. The molecular formula is C7H12N2O. The molecule has 0 bridgehead atoms. The lowest BCUT2D eigenvalue weighted by Crippen LogP contribution is -2.32. The molecule has 1 amide bonds. The predicted molar refractivity (Wildman–Crippen MR) is 38.1 cm³/mol. The quantitative estimate of drug-likeness (QED) is 0.541. The van der Waals surface area contributed by atoms with Crippen molar-refractivity contribution in [3.8, 4) is 6.07 Å². The lowest BCUT2D eigenvalue weighted by Gasteiger charge is -2.18. The van der Waals surface area contributed by atoms with E-state index in [1.54, 1.807) is 0 Å². The molecule has 3 heteroatoms. The van der Waals surface area contributed by atoms with Crippen LogP contribution in [0.2, 0.25) is 0 Å². The van der Waals surface area contributed by atoms with Crippen LogP contribution in [0, 0.1) is 11.3 Å². The average Bonchev–Trinajstić information content (AvgIpc) is 2.00. The molecule has 0 aromatic carbocycles. The number of carbonyl (C=O) groups is 1. The first kappa shape index (κ1) is 8.96. The van der Waals surface area contributed by atoms with Crippen LogP contribution in [-0.2, 0) is 4.79 Å². The SMILES string of the molecule is CCC(C#N)N(C=O)CC. The summed E-state index contributed by atoms with van der Waals surface area (Å²) in [5.41, 5.74) is 0. The number of carbonyl (C=O) groups excluding carboxylic acids is 1. The highest BCUT2D eigenvalue weighted by molar-refractivity contribution is 5.48. The first-order chi connectivity index (χ1) is 4.79. The van der Waals surface area contributed by atoms with Gasteiger partial charge in [-0.25, -0.2) is 0 Å². The van der Waals surface area contributed by atoms with Crippen molar-refractivity contribution in [2.75, 3.05) is 6.54 Å². The van der Waals surface area contributed by atoms with Gasteiger partial charge in [-0.15, -0.1) is 0 Å². The van der Waals surface area contributed by atoms with Crippen LogP contribution in [0.3, 0.4) is 0 Å². The minimum atomic E-state index is -0.248. The van der Waals surface area contributed by atoms with Gasteiger partial charge in [-0.1, -0.05) is 6.92 Å². The van der Waals surface area contributed by atoms with E-state index in [4.69, 9.17) is 5.26 Å². The van der Waals surface area contributed by atoms with Crippen LogP contribution in [0.4, 0.5) is 0 Å². The molecule has 0 fully saturated rings. The van der Waals surface area contributed by atoms with Crippen LogP contribution in [0.25, 0.3) is 0 Å². The Hall–Kier alpha value is -1.04. The van der Waals surface area contributed by atoms with Gasteiger partial charge in [0.05, 0.1) is 6.07 Å². The van der Waals surface area contributed by atoms with Crippen molar-refractivity contribution >= 4 is 6.41 Å². The van der Waals surface area contributed by atoms with Gasteiger partial charge in [-0.3, -0.25) is 4.79 Å². The first-order valence-electron chi connectivity index (χ1n) is 3.40. The average molecular weight is 140 g/mol. The van der Waals surface area contributed by atoms with E-state index < -0.39 is 0 Å². The van der Waals surface area contributed by atoms with Crippen molar-refractivity contribution in [1.29, 1.82) is 5.26 Å². The number of hydrogen-bond donors (Lipinski definition) is 0. The Morgan fingerprint density at radius 1 is 1.70 bits per heavy atom. The highest BCUT2D eigenvalue weighted by Gasteiger charge is 2.10. The number of hydrogen-bond acceptors (Lipinski definition) is 2. The van der Waals surface area contributed by atoms with Crippen LogP contribution in [-0.4, -0.2) is 23.9 Å². The Kier molecular flexibility index (Phi) is 4.30. The number of nitrogens with zero attached hydrogens (tertiary/aromatic N) is 2. The number of rotatable bonds is 4. The van der Waals surface area contributed by atoms with Gasteiger partial charge in [0.2, 0.25) is 6.41 Å². The van der Waals surface area contributed by atoms with Crippen molar-refractivity contribution in [2.24, 2.45) is 0 Å². The fourth-order valence-electron chi connectivity index (χ4n) is 0.768. The molecular weight excluding hydrogens is 128 g/mol. The number of amides is 1. The summed E-state index contributed by atoms with van der Waals surface area (Å²) in [7, 11) is 0. The van der Waals surface area contributed by atoms with Crippen LogP contribution < -0.4 is 0 Å². The molecule has 0 spiro atoms. The van der Waals surface area contributed by atoms with Gasteiger partial charge in [-0.05, 0) is 13.3 Å². The Morgan fingerprint density at radius 3 is 2.40 bits per heavy atom. The van der Waals surface area contributed by atoms with Gasteiger partial charge in [0.15, 0.2) is 0 Å². The van der Waals surface area contributed by atoms with E-state index in [1.807, 2.05) is 19.9 Å². The molecule has 10 heavy (non-hydrogen) atoms. The normalized spacial score (nSPS) is 11.7. The fraction of sp³-hybridized carbons (Fsp3) is 0.714. The molecule has 0 N–H and O–H groups in total. The molecule has 0 aliphatic carbocycles. The third kappa shape index (κ3) is 2.06. The van der Waals surface area contributed by atoms with Crippen LogP contribution in [0.1, 0.15) is 20.3 Å². The molecule has 0 saturated heterocycles. The van der Waals surface area contributed by atoms with Gasteiger partial charge in [0.1, 0.15) is 6.04 Å². The summed E-state index contributed by atoms with van der Waals surface area (Å²) in [5, 5.41) is 8.51. The summed E-state index contributed by atoms with van der Waals surface area (Å²) in [6.07, 6.45) is 1.42. The van der Waals surface area contributed by atoms with Crippen LogP contribution >= 0.6 is 0 Å². The van der Waals surface area contributed by atoms with E-state index in [0.717, 1.165) is 6.41 Å². The maximum absolute atomic E-state index is 10.3. The zero-order chi connectivity index (χ0) is 7.98. The van der Waals surface area contributed by atoms with Crippen molar-refractivity contribution in [1.82, 2.24) is 4.90 Å². The number of nitriles is 1. The molecule has 0 radical (unpaired) electrons. The van der Waals surface area contributed by atoms with E-state index in [0.29, 0.717) is 13.0 Å². The van der Waals surface area contributed by atoms with Gasteiger partial charge < -0.3 is 4.90 Å². The summed E-state index contributed by atoms with van der Waals surface area (Å²) in [4.78, 5) is 11.8. The maximum atomic E-state index is 10.3. The second-order valence-corrected chi connectivity index (χ2v) is 1.99. The molecule has 0 aliphatic heterocycles. The lowest BCUT2D eigenvalue weighted by molar-refractivity contribution is -0.119. The largest absolute Gasteiger partial charge is 0.330 e. The van der Waals surface area contributed by atoms with E-state index in [-0.39, 0.29) is 6.04 Å². The minimum Gasteiger partial charge on any atom is -0.330 e. The third-order valence-electron chi connectivity index (χ3n) is 1.44. The van der Waals surface area contributed by atoms with E-state index in [1.165, 1.54) is 4.90 Å². The van der Waals surface area contributed by atoms with Crippen molar-refractivity contribution < 1.29 is 4.79 Å². The van der Waals surface area contributed by atoms with Gasteiger partial charge >= 0.3 is 0 Å². The van der Waals surface area contributed by atoms with Crippen molar-refractivity contribution in [3.05, 3.63) is 0 Å². The summed E-state index contributed by atoms with van der Waals surface area (Å²) in [6.45, 7) is 4.35. The third-order valence-corrected chi connectivity index (χ3v) is 1.44. The molecule has 0 heterocycles. The Morgan fingerprint density at radius 2 is 2.30 bits per heavy atom. The molecule has 1 unspecified atom stereocenters. The van der Waals surface area contributed by atoms with Crippen molar-refractivity contribution in [2.45, 2.75) is 26.3 Å². The fourth-order valence-corrected chi connectivity index (χ4v) is 0.768. The first-order valence-corrected chi connectivity index (χ1v) is 3.40. The standard InChI is InChI=1S/C7H12N2O/c1-3-7(5-8)9(4-2)6-10/h6-7H,3-4H2,1-2H3. The van der Waals surface area contributed by atoms with E-state index >= 15 is 0 Å². The Bertz CT molecular complexity index is 139. The zero-order valence-corrected chi connectivity index (χ0v) is 6.37. The van der Waals surface area contributed by atoms with Crippen molar-refractivity contribution in [3.63, 3.8) is 0 Å². The minimum absolute atomic E-state index is 0.248. The molecule has 0 saturated carbocycles. The lowest BCUT2D eigenvalue weighted by atomic mass is 10.2.